The Kier molecular flexibility index (Phi) is 5.69. The van der Waals surface area contributed by atoms with Crippen molar-refractivity contribution in [1.29, 1.82) is 0 Å². The number of carbonyl (C=O) groups is 2. The molecule has 3 rings (SSSR count). The molecule has 0 radical (unpaired) electrons. The standard InChI is InChI=1S/C20H27NO7/c1-21-13-6-7-14(21)11-20(10-13,19(23)27-5)28-18(22)12-8-15(24-2)17(26-4)16(9-12)25-3/h8-9,13-14H,6-7,10-11H2,1-5H3/t13-,14+,20?. The first kappa shape index (κ1) is 20.3. The number of hydrogen-bond acceptors (Lipinski definition) is 8. The van der Waals surface area contributed by atoms with Crippen LogP contribution < -0.4 is 14.2 Å². The maximum absolute atomic E-state index is 13.0. The lowest BCUT2D eigenvalue weighted by Crippen LogP contribution is -2.56. The van der Waals surface area contributed by atoms with Gasteiger partial charge in [0.05, 0.1) is 34.0 Å². The van der Waals surface area contributed by atoms with Gasteiger partial charge >= 0.3 is 11.9 Å². The van der Waals surface area contributed by atoms with E-state index in [1.54, 1.807) is 0 Å². The number of benzene rings is 1. The zero-order valence-electron chi connectivity index (χ0n) is 16.9. The van der Waals surface area contributed by atoms with Gasteiger partial charge in [-0.05, 0) is 32.0 Å². The molecule has 2 heterocycles. The summed E-state index contributed by atoms with van der Waals surface area (Å²) in [5.41, 5.74) is -1.08. The molecule has 0 amide bonds. The van der Waals surface area contributed by atoms with E-state index in [0.717, 1.165) is 12.8 Å². The number of esters is 2. The van der Waals surface area contributed by atoms with Crippen LogP contribution in [0.15, 0.2) is 12.1 Å². The summed E-state index contributed by atoms with van der Waals surface area (Å²) in [6.45, 7) is 0. The summed E-state index contributed by atoms with van der Waals surface area (Å²) in [6, 6.07) is 3.40. The quantitative estimate of drug-likeness (QED) is 0.679. The molecule has 0 aromatic heterocycles. The summed E-state index contributed by atoms with van der Waals surface area (Å²) in [5.74, 6) is -0.0952. The highest BCUT2D eigenvalue weighted by molar-refractivity contribution is 5.94. The van der Waals surface area contributed by atoms with Crippen LogP contribution in [0.4, 0.5) is 0 Å². The lowest BCUT2D eigenvalue weighted by molar-refractivity contribution is -0.171. The van der Waals surface area contributed by atoms with E-state index in [2.05, 4.69) is 4.90 Å². The van der Waals surface area contributed by atoms with Crippen molar-refractivity contribution in [2.24, 2.45) is 0 Å². The summed E-state index contributed by atoms with van der Waals surface area (Å²) in [6.07, 6.45) is 2.79. The molecular weight excluding hydrogens is 366 g/mol. The molecule has 0 aliphatic carbocycles. The molecule has 8 heteroatoms. The van der Waals surface area contributed by atoms with Crippen molar-refractivity contribution in [2.45, 2.75) is 43.4 Å². The topological polar surface area (TPSA) is 83.5 Å². The van der Waals surface area contributed by atoms with Crippen LogP contribution in [0.5, 0.6) is 17.2 Å². The minimum absolute atomic E-state index is 0.186. The van der Waals surface area contributed by atoms with Crippen LogP contribution in [0.1, 0.15) is 36.0 Å². The zero-order chi connectivity index (χ0) is 20.5. The fourth-order valence-corrected chi connectivity index (χ4v) is 4.34. The van der Waals surface area contributed by atoms with Crippen LogP contribution in [0.2, 0.25) is 0 Å². The summed E-state index contributed by atoms with van der Waals surface area (Å²) >= 11 is 0. The number of carbonyl (C=O) groups excluding carboxylic acids is 2. The third-order valence-corrected chi connectivity index (χ3v) is 5.86. The van der Waals surface area contributed by atoms with Crippen LogP contribution in [0, 0.1) is 0 Å². The van der Waals surface area contributed by atoms with Gasteiger partial charge in [0.2, 0.25) is 11.4 Å². The second kappa shape index (κ2) is 7.87. The Hall–Kier alpha value is -2.48. The zero-order valence-corrected chi connectivity index (χ0v) is 16.9. The molecule has 154 valence electrons. The average molecular weight is 393 g/mol. The molecular formula is C20H27NO7. The number of ether oxygens (including phenoxy) is 5. The SMILES string of the molecule is COC(=O)C1(OC(=O)c2cc(OC)c(OC)c(OC)c2)C[C@H]2CC[C@@H](C1)N2C. The van der Waals surface area contributed by atoms with Gasteiger partial charge in [0.15, 0.2) is 11.5 Å². The molecule has 28 heavy (non-hydrogen) atoms. The van der Waals surface area contributed by atoms with E-state index in [1.807, 2.05) is 7.05 Å². The average Bonchev–Trinajstić information content (AvgIpc) is 2.93. The maximum Gasteiger partial charge on any atom is 0.350 e. The Bertz CT molecular complexity index is 724. The molecule has 8 nitrogen and oxygen atoms in total. The second-order valence-electron chi connectivity index (χ2n) is 7.25. The molecule has 1 unspecified atom stereocenters. The molecule has 0 N–H and O–H groups in total. The van der Waals surface area contributed by atoms with Gasteiger partial charge in [-0.15, -0.1) is 0 Å². The van der Waals surface area contributed by atoms with Gasteiger partial charge in [-0.3, -0.25) is 0 Å². The first-order valence-corrected chi connectivity index (χ1v) is 9.22. The van der Waals surface area contributed by atoms with Crippen LogP contribution in [-0.4, -0.2) is 70.0 Å². The summed E-state index contributed by atoms with van der Waals surface area (Å²) in [4.78, 5) is 27.9. The van der Waals surface area contributed by atoms with E-state index in [0.29, 0.717) is 30.1 Å². The van der Waals surface area contributed by atoms with Gasteiger partial charge < -0.3 is 28.6 Å². The van der Waals surface area contributed by atoms with Crippen molar-refractivity contribution < 1.29 is 33.3 Å². The molecule has 1 aromatic rings. The minimum atomic E-state index is -1.29. The van der Waals surface area contributed by atoms with Crippen molar-refractivity contribution >= 4 is 11.9 Å². The molecule has 2 fully saturated rings. The van der Waals surface area contributed by atoms with Gasteiger partial charge in [-0.1, -0.05) is 0 Å². The summed E-state index contributed by atoms with van der Waals surface area (Å²) in [5, 5.41) is 0. The molecule has 2 aliphatic heterocycles. The van der Waals surface area contributed by atoms with Crippen molar-refractivity contribution in [2.75, 3.05) is 35.5 Å². The fourth-order valence-electron chi connectivity index (χ4n) is 4.34. The van der Waals surface area contributed by atoms with E-state index < -0.39 is 17.5 Å². The molecule has 2 bridgehead atoms. The molecule has 1 aromatic carbocycles. The Balaban J connectivity index is 1.92. The number of fused-ring (bicyclic) bond motifs is 2. The molecule has 2 aliphatic rings. The first-order chi connectivity index (χ1) is 13.4. The largest absolute Gasteiger partial charge is 0.493 e. The Morgan fingerprint density at radius 2 is 1.50 bits per heavy atom. The van der Waals surface area contributed by atoms with Gasteiger partial charge in [-0.2, -0.15) is 0 Å². The molecule has 3 atom stereocenters. The second-order valence-corrected chi connectivity index (χ2v) is 7.25. The van der Waals surface area contributed by atoms with Crippen LogP contribution in [0.25, 0.3) is 0 Å². The predicted octanol–water partition coefficient (Wildman–Crippen LogP) is 2.04. The number of rotatable bonds is 6. The number of nitrogens with zero attached hydrogens (tertiary/aromatic N) is 1. The summed E-state index contributed by atoms with van der Waals surface area (Å²) in [7, 11) is 7.79. The lowest BCUT2D eigenvalue weighted by Gasteiger charge is -2.42. The number of hydrogen-bond donors (Lipinski definition) is 0. The Labute approximate surface area is 164 Å². The Morgan fingerprint density at radius 1 is 0.964 bits per heavy atom. The van der Waals surface area contributed by atoms with E-state index in [9.17, 15) is 9.59 Å². The van der Waals surface area contributed by atoms with Crippen LogP contribution >= 0.6 is 0 Å². The molecule has 0 spiro atoms. The first-order valence-electron chi connectivity index (χ1n) is 9.22. The van der Waals surface area contributed by atoms with Crippen molar-refractivity contribution in [3.63, 3.8) is 0 Å². The van der Waals surface area contributed by atoms with E-state index in [-0.39, 0.29) is 17.6 Å². The monoisotopic (exact) mass is 393 g/mol. The Morgan fingerprint density at radius 3 is 1.93 bits per heavy atom. The van der Waals surface area contributed by atoms with Crippen LogP contribution in [-0.2, 0) is 14.3 Å². The fraction of sp³-hybridized carbons (Fsp3) is 0.600. The minimum Gasteiger partial charge on any atom is -0.493 e. The third-order valence-electron chi connectivity index (χ3n) is 5.86. The predicted molar refractivity (Wildman–Crippen MR) is 100 cm³/mol. The van der Waals surface area contributed by atoms with E-state index in [4.69, 9.17) is 23.7 Å². The van der Waals surface area contributed by atoms with Gasteiger partial charge in [0.1, 0.15) is 0 Å². The normalized spacial score (nSPS) is 26.5. The van der Waals surface area contributed by atoms with Gasteiger partial charge in [0, 0.05) is 24.9 Å². The highest BCUT2D eigenvalue weighted by Crippen LogP contribution is 2.43. The van der Waals surface area contributed by atoms with Crippen molar-refractivity contribution in [3.8, 4) is 17.2 Å². The van der Waals surface area contributed by atoms with Crippen LogP contribution in [0.3, 0.4) is 0 Å². The summed E-state index contributed by atoms with van der Waals surface area (Å²) < 4.78 is 26.7. The smallest absolute Gasteiger partial charge is 0.350 e. The third kappa shape index (κ3) is 3.37. The highest BCUT2D eigenvalue weighted by Gasteiger charge is 2.54. The van der Waals surface area contributed by atoms with Crippen molar-refractivity contribution in [1.82, 2.24) is 4.90 Å². The molecule has 2 saturated heterocycles. The van der Waals surface area contributed by atoms with E-state index in [1.165, 1.54) is 40.6 Å². The van der Waals surface area contributed by atoms with E-state index >= 15 is 0 Å². The van der Waals surface area contributed by atoms with Crippen molar-refractivity contribution in [3.05, 3.63) is 17.7 Å². The highest BCUT2D eigenvalue weighted by atomic mass is 16.6. The van der Waals surface area contributed by atoms with Gasteiger partial charge in [-0.25, -0.2) is 9.59 Å². The number of piperidine rings is 1. The number of methoxy groups -OCH3 is 4. The maximum atomic E-state index is 13.0. The molecule has 0 saturated carbocycles. The lowest BCUT2D eigenvalue weighted by atomic mass is 9.86. The van der Waals surface area contributed by atoms with Gasteiger partial charge in [0.25, 0.3) is 0 Å².